The molecule has 0 N–H and O–H groups in total. The van der Waals surface area contributed by atoms with Crippen molar-refractivity contribution in [2.24, 2.45) is 0 Å². The number of para-hydroxylation sites is 3. The summed E-state index contributed by atoms with van der Waals surface area (Å²) < 4.78 is 2.60. The third-order valence-corrected chi connectivity index (χ3v) is 30.8. The smallest absolute Gasteiger partial charge is 0.252 e. The predicted octanol–water partition coefficient (Wildman–Crippen LogP) is 15.9. The van der Waals surface area contributed by atoms with Crippen molar-refractivity contribution in [2.45, 2.75) is 52.4 Å². The first kappa shape index (κ1) is 60.6. The molecule has 3 heterocycles. The molecule has 470 valence electrons. The molecule has 0 amide bonds. The molecule has 17 rings (SSSR count). The van der Waals surface area contributed by atoms with Crippen LogP contribution in [0.3, 0.4) is 0 Å². The highest BCUT2D eigenvalue weighted by Gasteiger charge is 2.50. The first-order valence-corrected chi connectivity index (χ1v) is 38.6. The number of anilines is 6. The molecule has 2 aliphatic rings. The summed E-state index contributed by atoms with van der Waals surface area (Å²) in [6.45, 7) is 13.9. The fourth-order valence-corrected chi connectivity index (χ4v) is 26.5. The van der Waals surface area contributed by atoms with E-state index in [2.05, 4.69) is 408 Å². The summed E-state index contributed by atoms with van der Waals surface area (Å²) in [5.74, 6) is 0. The van der Waals surface area contributed by atoms with Crippen LogP contribution < -0.4 is 67.7 Å². The van der Waals surface area contributed by atoms with Crippen LogP contribution >= 0.6 is 0 Å². The Hall–Kier alpha value is -11.0. The average Bonchev–Trinajstić information content (AvgIpc) is 1.12. The van der Waals surface area contributed by atoms with Crippen LogP contribution in [0.5, 0.6) is 0 Å². The number of hydrogen-bond donors (Lipinski definition) is 0. The molecule has 0 saturated heterocycles. The molecule has 2 aliphatic heterocycles. The first-order valence-electron chi connectivity index (χ1n) is 34.6. The zero-order chi connectivity index (χ0) is 66.3. The van der Waals surface area contributed by atoms with E-state index in [1.807, 2.05) is 0 Å². The zero-order valence-electron chi connectivity index (χ0n) is 56.4. The van der Waals surface area contributed by atoms with Crippen LogP contribution in [0.15, 0.2) is 352 Å². The quantitative estimate of drug-likeness (QED) is 0.0892. The van der Waals surface area contributed by atoms with Crippen molar-refractivity contribution < 1.29 is 0 Å². The van der Waals surface area contributed by atoms with Gasteiger partial charge in [0.15, 0.2) is 16.1 Å². The summed E-state index contributed by atoms with van der Waals surface area (Å²) >= 11 is 0. The van der Waals surface area contributed by atoms with E-state index in [1.54, 1.807) is 0 Å². The highest BCUT2D eigenvalue weighted by atomic mass is 28.3. The van der Waals surface area contributed by atoms with Gasteiger partial charge in [-0.1, -0.05) is 333 Å². The molecule has 98 heavy (non-hydrogen) atoms. The van der Waals surface area contributed by atoms with E-state index in [1.165, 1.54) is 108 Å². The SMILES string of the molecule is CC(C)(C)c1ccc2c(c1)c1cc(C(C)(C)C)ccc1n2-c1cc2c3c(c1)N(c1ccccc1[Si](c1ccccc1)(c1ccccc1)c1ccccc1)c1cc(-c4ccccc4)ccc1B3c1ccccc1N2c1ccccc1[Si](c1ccccc1)(c1ccccc1)c1ccccc1. The number of fused-ring (bicyclic) bond motifs is 7. The Morgan fingerprint density at radius 2 is 0.602 bits per heavy atom. The average molecular weight is 1290 g/mol. The van der Waals surface area contributed by atoms with Crippen LogP contribution in [0.2, 0.25) is 0 Å². The maximum Gasteiger partial charge on any atom is 0.252 e. The van der Waals surface area contributed by atoms with Gasteiger partial charge in [-0.05, 0) is 152 Å². The van der Waals surface area contributed by atoms with Gasteiger partial charge in [-0.15, -0.1) is 0 Å². The van der Waals surface area contributed by atoms with E-state index in [0.29, 0.717) is 0 Å². The second-order valence-electron chi connectivity index (χ2n) is 28.7. The molecular weight excluding hydrogens is 1210 g/mol. The molecule has 15 aromatic rings. The number of rotatable bonds is 12. The Morgan fingerprint density at radius 3 is 1.00 bits per heavy atom. The summed E-state index contributed by atoms with van der Waals surface area (Å²) in [5, 5.41) is 13.1. The molecule has 0 spiro atoms. The lowest BCUT2D eigenvalue weighted by atomic mass is 9.33. The largest absolute Gasteiger partial charge is 0.311 e. The van der Waals surface area contributed by atoms with Crippen molar-refractivity contribution in [1.29, 1.82) is 0 Å². The molecule has 1 aromatic heterocycles. The summed E-state index contributed by atoms with van der Waals surface area (Å²) in [5.41, 5.74) is 19.0. The van der Waals surface area contributed by atoms with Crippen LogP contribution in [0.1, 0.15) is 52.7 Å². The van der Waals surface area contributed by atoms with Crippen molar-refractivity contribution in [3.8, 4) is 16.8 Å². The maximum atomic E-state index is 2.73. The number of nitrogens with zero attached hydrogens (tertiary/aromatic N) is 3. The van der Waals surface area contributed by atoms with Gasteiger partial charge in [0.2, 0.25) is 0 Å². The minimum Gasteiger partial charge on any atom is -0.311 e. The maximum absolute atomic E-state index is 3.26. The monoisotopic (exact) mass is 1290 g/mol. The van der Waals surface area contributed by atoms with Crippen LogP contribution in [0.25, 0.3) is 38.6 Å². The lowest BCUT2D eigenvalue weighted by molar-refractivity contribution is 0.590. The Bertz CT molecular complexity index is 5210. The lowest BCUT2D eigenvalue weighted by Crippen LogP contribution is -2.75. The van der Waals surface area contributed by atoms with Crippen LogP contribution in [-0.2, 0) is 10.8 Å². The van der Waals surface area contributed by atoms with Gasteiger partial charge >= 0.3 is 0 Å². The van der Waals surface area contributed by atoms with Gasteiger partial charge in [0, 0.05) is 44.9 Å². The Balaban J connectivity index is 1.06. The highest BCUT2D eigenvalue weighted by molar-refractivity contribution is 7.21. The van der Waals surface area contributed by atoms with E-state index >= 15 is 0 Å². The van der Waals surface area contributed by atoms with Crippen molar-refractivity contribution in [2.75, 3.05) is 9.80 Å². The topological polar surface area (TPSA) is 11.4 Å². The second-order valence-corrected chi connectivity index (χ2v) is 36.3. The number of hydrogen-bond acceptors (Lipinski definition) is 2. The molecule has 3 nitrogen and oxygen atoms in total. The van der Waals surface area contributed by atoms with E-state index in [9.17, 15) is 0 Å². The molecule has 0 unspecified atom stereocenters. The van der Waals surface area contributed by atoms with Gasteiger partial charge in [0.05, 0.1) is 16.7 Å². The highest BCUT2D eigenvalue weighted by Crippen LogP contribution is 2.48. The molecule has 0 fully saturated rings. The molecule has 14 aromatic carbocycles. The summed E-state index contributed by atoms with van der Waals surface area (Å²) in [6, 6.07) is 135. The molecule has 0 saturated carbocycles. The lowest BCUT2D eigenvalue weighted by Gasteiger charge is -2.47. The standard InChI is InChI=1S/C92H76BN3Si2/c1-91(2,3)67-55-58-80-76(61-67)77-62-68(92(4,5)6)56-59-81(77)94(80)69-63-86-90-87(64-69)96(84-51-31-33-53-89(84)98(73-42-22-11-23-43-73,74-44-24-12-25-45-74)75-46-26-13-27-47-75)85-60-66(65-34-14-7-15-35-65)54-57-79(85)93(90)78-48-28-29-49-82(78)95(86)83-50-30-32-52-88(83)97(70-36-16-8-17-37-70,71-38-18-9-19-39-71)72-40-20-10-21-41-72/h7-64H,1-6H3. The van der Waals surface area contributed by atoms with E-state index in [0.717, 1.165) is 34.1 Å². The summed E-state index contributed by atoms with van der Waals surface area (Å²) in [6.07, 6.45) is 0. The molecular formula is C92H76BN3Si2. The Morgan fingerprint density at radius 1 is 0.265 bits per heavy atom. The van der Waals surface area contributed by atoms with E-state index < -0.39 is 16.1 Å². The molecule has 0 aliphatic carbocycles. The van der Waals surface area contributed by atoms with Gasteiger partial charge in [-0.25, -0.2) is 0 Å². The summed E-state index contributed by atoms with van der Waals surface area (Å²) in [7, 11) is -6.47. The van der Waals surface area contributed by atoms with E-state index in [-0.39, 0.29) is 17.5 Å². The van der Waals surface area contributed by atoms with Gasteiger partial charge in [0.25, 0.3) is 6.71 Å². The fraction of sp³-hybridized carbons (Fsp3) is 0.0870. The van der Waals surface area contributed by atoms with Crippen LogP contribution in [0, 0.1) is 0 Å². The zero-order valence-corrected chi connectivity index (χ0v) is 58.4. The first-order chi connectivity index (χ1) is 47.9. The number of aromatic nitrogens is 1. The number of benzene rings is 14. The predicted molar refractivity (Wildman–Crippen MR) is 425 cm³/mol. The molecule has 0 bridgehead atoms. The normalized spacial score (nSPS) is 12.9. The van der Waals surface area contributed by atoms with Crippen LogP contribution in [0.4, 0.5) is 34.1 Å². The third kappa shape index (κ3) is 9.67. The van der Waals surface area contributed by atoms with Crippen molar-refractivity contribution in [1.82, 2.24) is 4.57 Å². The molecule has 0 radical (unpaired) electrons. The van der Waals surface area contributed by atoms with Crippen molar-refractivity contribution in [3.05, 3.63) is 363 Å². The van der Waals surface area contributed by atoms with Crippen molar-refractivity contribution in [3.63, 3.8) is 0 Å². The van der Waals surface area contributed by atoms with Gasteiger partial charge in [-0.3, -0.25) is 0 Å². The van der Waals surface area contributed by atoms with E-state index in [4.69, 9.17) is 0 Å². The molecule has 0 atom stereocenters. The molecule has 6 heteroatoms. The van der Waals surface area contributed by atoms with Gasteiger partial charge < -0.3 is 14.4 Å². The minimum absolute atomic E-state index is 0.0774. The summed E-state index contributed by atoms with van der Waals surface area (Å²) in [4.78, 5) is 5.43. The fourth-order valence-electron chi connectivity index (χ4n) is 16.7. The van der Waals surface area contributed by atoms with Crippen LogP contribution in [-0.4, -0.2) is 27.4 Å². The van der Waals surface area contributed by atoms with Crippen molar-refractivity contribution >= 4 is 137 Å². The Labute approximate surface area is 579 Å². The third-order valence-electron chi connectivity index (χ3n) is 21.2. The second kappa shape index (κ2) is 24.0. The minimum atomic E-state index is -3.26. The van der Waals surface area contributed by atoms with Gasteiger partial charge in [-0.2, -0.15) is 0 Å². The Kier molecular flexibility index (Phi) is 14.8. The van der Waals surface area contributed by atoms with Gasteiger partial charge in [0.1, 0.15) is 0 Å².